The molecule has 4 heteroatoms. The van der Waals surface area contributed by atoms with Gasteiger partial charge in [0.05, 0.1) is 6.20 Å². The maximum atomic E-state index is 6.30. The third-order valence-electron chi connectivity index (χ3n) is 3.12. The van der Waals surface area contributed by atoms with E-state index in [2.05, 4.69) is 30.1 Å². The number of rotatable bonds is 3. The smallest absolute Gasteiger partial charge is 0.126 e. The van der Waals surface area contributed by atoms with Crippen molar-refractivity contribution in [1.29, 1.82) is 0 Å². The van der Waals surface area contributed by atoms with Gasteiger partial charge in [0, 0.05) is 10.6 Å². The molecule has 0 saturated carbocycles. The van der Waals surface area contributed by atoms with E-state index in [4.69, 9.17) is 17.3 Å². The average molecular weight is 250 g/mol. The van der Waals surface area contributed by atoms with Gasteiger partial charge in [0.25, 0.3) is 0 Å². The number of nitrogens with one attached hydrogen (secondary N) is 1. The molecule has 17 heavy (non-hydrogen) atoms. The minimum Gasteiger partial charge on any atom is -0.384 e. The van der Waals surface area contributed by atoms with E-state index < -0.39 is 0 Å². The summed E-state index contributed by atoms with van der Waals surface area (Å²) in [6, 6.07) is 6.05. The molecule has 0 saturated heterocycles. The maximum Gasteiger partial charge on any atom is 0.126 e. The number of benzene rings is 1. The second-order valence-corrected chi connectivity index (χ2v) is 4.65. The van der Waals surface area contributed by atoms with Gasteiger partial charge in [-0.2, -0.15) is 5.10 Å². The lowest BCUT2D eigenvalue weighted by molar-refractivity contribution is 0.734. The molecule has 2 rings (SSSR count). The first kappa shape index (κ1) is 12.0. The number of halogens is 1. The number of hydrogen-bond donors (Lipinski definition) is 2. The van der Waals surface area contributed by atoms with Crippen molar-refractivity contribution in [1.82, 2.24) is 10.2 Å². The second-order valence-electron chi connectivity index (χ2n) is 4.24. The summed E-state index contributed by atoms with van der Waals surface area (Å²) in [6.07, 6.45) is 2.79. The largest absolute Gasteiger partial charge is 0.384 e. The summed E-state index contributed by atoms with van der Waals surface area (Å²) < 4.78 is 0. The molecular weight excluding hydrogens is 234 g/mol. The van der Waals surface area contributed by atoms with Crippen molar-refractivity contribution < 1.29 is 0 Å². The minimum absolute atomic E-state index is 0.471. The molecule has 90 valence electrons. The normalized spacial score (nSPS) is 12.6. The second kappa shape index (κ2) is 4.80. The lowest BCUT2D eigenvalue weighted by atomic mass is 9.96. The third-order valence-corrected chi connectivity index (χ3v) is 3.45. The van der Waals surface area contributed by atoms with Crippen molar-refractivity contribution >= 4 is 17.4 Å². The van der Waals surface area contributed by atoms with Crippen LogP contribution in [0.2, 0.25) is 5.02 Å². The molecule has 1 unspecified atom stereocenters. The maximum absolute atomic E-state index is 6.30. The highest BCUT2D eigenvalue weighted by molar-refractivity contribution is 6.31. The van der Waals surface area contributed by atoms with Crippen LogP contribution in [-0.4, -0.2) is 10.2 Å². The fourth-order valence-corrected chi connectivity index (χ4v) is 2.21. The highest BCUT2D eigenvalue weighted by Crippen LogP contribution is 2.32. The van der Waals surface area contributed by atoms with E-state index in [1.165, 1.54) is 5.56 Å². The van der Waals surface area contributed by atoms with Crippen molar-refractivity contribution in [3.63, 3.8) is 0 Å². The molecule has 0 spiro atoms. The van der Waals surface area contributed by atoms with Crippen molar-refractivity contribution in [3.05, 3.63) is 35.0 Å². The monoisotopic (exact) mass is 249 g/mol. The minimum atomic E-state index is 0.471. The molecule has 1 aromatic carbocycles. The molecule has 1 atom stereocenters. The Kier molecular flexibility index (Phi) is 3.38. The quantitative estimate of drug-likeness (QED) is 0.869. The van der Waals surface area contributed by atoms with E-state index >= 15 is 0 Å². The van der Waals surface area contributed by atoms with Crippen LogP contribution >= 0.6 is 11.6 Å². The Hall–Kier alpha value is -1.48. The number of aromatic amines is 1. The number of nitrogens with zero attached hydrogens (tertiary/aromatic N) is 1. The molecule has 0 amide bonds. The molecule has 2 aromatic rings. The molecule has 0 aliphatic rings. The topological polar surface area (TPSA) is 54.7 Å². The number of H-pyrrole nitrogens is 1. The third kappa shape index (κ3) is 2.29. The van der Waals surface area contributed by atoms with E-state index in [9.17, 15) is 0 Å². The average Bonchev–Trinajstić information content (AvgIpc) is 2.74. The summed E-state index contributed by atoms with van der Waals surface area (Å²) in [7, 11) is 0. The Morgan fingerprint density at radius 1 is 1.47 bits per heavy atom. The molecule has 3 nitrogen and oxygen atoms in total. The summed E-state index contributed by atoms with van der Waals surface area (Å²) in [5.74, 6) is 1.04. The highest BCUT2D eigenvalue weighted by Gasteiger charge is 2.11. The summed E-state index contributed by atoms with van der Waals surface area (Å²) in [4.78, 5) is 0. The molecule has 0 aliphatic heterocycles. The van der Waals surface area contributed by atoms with Gasteiger partial charge in [-0.1, -0.05) is 37.6 Å². The van der Waals surface area contributed by atoms with E-state index in [-0.39, 0.29) is 0 Å². The van der Waals surface area contributed by atoms with Gasteiger partial charge in [-0.25, -0.2) is 0 Å². The van der Waals surface area contributed by atoms with Crippen molar-refractivity contribution in [2.45, 2.75) is 26.2 Å². The predicted octanol–water partition coefficient (Wildman–Crippen LogP) is 3.83. The van der Waals surface area contributed by atoms with Crippen molar-refractivity contribution in [3.8, 4) is 11.1 Å². The van der Waals surface area contributed by atoms with Crippen molar-refractivity contribution in [2.24, 2.45) is 0 Å². The fraction of sp³-hybridized carbons (Fsp3) is 0.308. The van der Waals surface area contributed by atoms with E-state index in [1.807, 2.05) is 12.1 Å². The molecule has 0 radical (unpaired) electrons. The molecule has 1 heterocycles. The zero-order valence-corrected chi connectivity index (χ0v) is 10.8. The molecule has 3 N–H and O–H groups in total. The van der Waals surface area contributed by atoms with Gasteiger partial charge < -0.3 is 5.73 Å². The van der Waals surface area contributed by atoms with Gasteiger partial charge in [0.15, 0.2) is 0 Å². The highest BCUT2D eigenvalue weighted by atomic mass is 35.5. The van der Waals surface area contributed by atoms with Crippen LogP contribution in [0.5, 0.6) is 0 Å². The Bertz CT molecular complexity index is 519. The lowest BCUT2D eigenvalue weighted by Gasteiger charge is -2.12. The van der Waals surface area contributed by atoms with Gasteiger partial charge in [-0.15, -0.1) is 0 Å². The van der Waals surface area contributed by atoms with E-state index in [1.54, 1.807) is 6.20 Å². The Morgan fingerprint density at radius 2 is 2.24 bits per heavy atom. The van der Waals surface area contributed by atoms with Crippen LogP contribution < -0.4 is 5.73 Å². The first-order chi connectivity index (χ1) is 8.13. The Labute approximate surface area is 106 Å². The van der Waals surface area contributed by atoms with Crippen LogP contribution in [0.4, 0.5) is 5.82 Å². The first-order valence-corrected chi connectivity index (χ1v) is 6.10. The van der Waals surface area contributed by atoms with E-state index in [0.717, 1.165) is 22.6 Å². The predicted molar refractivity (Wildman–Crippen MR) is 72.2 cm³/mol. The number of nitrogen functional groups attached to an aromatic ring is 1. The molecular formula is C13H16ClN3. The number of aromatic nitrogens is 2. The molecule has 0 aliphatic carbocycles. The summed E-state index contributed by atoms with van der Waals surface area (Å²) in [5, 5.41) is 7.42. The van der Waals surface area contributed by atoms with Gasteiger partial charge in [-0.3, -0.25) is 5.10 Å². The molecule has 1 aromatic heterocycles. The SMILES string of the molecule is CCC(C)c1ccc(-c2cn[nH]c2N)cc1Cl. The zero-order valence-electron chi connectivity index (χ0n) is 10.00. The molecule has 0 fully saturated rings. The number of anilines is 1. The van der Waals surface area contributed by atoms with E-state index in [0.29, 0.717) is 11.7 Å². The number of nitrogens with two attached hydrogens (primary N) is 1. The standard InChI is InChI=1S/C13H16ClN3/c1-3-8(2)10-5-4-9(6-12(10)14)11-7-16-17-13(11)15/h4-8H,3H2,1-2H3,(H3,15,16,17). The summed E-state index contributed by atoms with van der Waals surface area (Å²) >= 11 is 6.30. The van der Waals surface area contributed by atoms with Crippen LogP contribution in [-0.2, 0) is 0 Å². The van der Waals surface area contributed by atoms with Gasteiger partial charge in [0.1, 0.15) is 5.82 Å². The summed E-state index contributed by atoms with van der Waals surface area (Å²) in [6.45, 7) is 4.33. The van der Waals surface area contributed by atoms with Crippen LogP contribution in [0.1, 0.15) is 31.7 Å². The Balaban J connectivity index is 2.41. The zero-order chi connectivity index (χ0) is 12.4. The van der Waals surface area contributed by atoms with Crippen LogP contribution in [0.15, 0.2) is 24.4 Å². The van der Waals surface area contributed by atoms with Gasteiger partial charge >= 0.3 is 0 Å². The van der Waals surface area contributed by atoms with Crippen molar-refractivity contribution in [2.75, 3.05) is 5.73 Å². The van der Waals surface area contributed by atoms with Gasteiger partial charge in [0.2, 0.25) is 0 Å². The number of hydrogen-bond acceptors (Lipinski definition) is 2. The summed E-state index contributed by atoms with van der Waals surface area (Å²) in [5.41, 5.74) is 8.85. The van der Waals surface area contributed by atoms with Crippen LogP contribution in [0.25, 0.3) is 11.1 Å². The van der Waals surface area contributed by atoms with Crippen LogP contribution in [0.3, 0.4) is 0 Å². The van der Waals surface area contributed by atoms with Gasteiger partial charge in [-0.05, 0) is 29.5 Å². The lowest BCUT2D eigenvalue weighted by Crippen LogP contribution is -1.93. The Morgan fingerprint density at radius 3 is 2.76 bits per heavy atom. The fourth-order valence-electron chi connectivity index (χ4n) is 1.84. The molecule has 0 bridgehead atoms. The first-order valence-electron chi connectivity index (χ1n) is 5.72. The van der Waals surface area contributed by atoms with Crippen LogP contribution in [0, 0.1) is 0 Å².